The van der Waals surface area contributed by atoms with Crippen molar-refractivity contribution in [2.75, 3.05) is 21.0 Å². The van der Waals surface area contributed by atoms with Crippen LogP contribution in [0, 0.1) is 0 Å². The molecule has 0 unspecified atom stereocenters. The average molecular weight is 457 g/mol. The van der Waals surface area contributed by atoms with Gasteiger partial charge in [0.25, 0.3) is 5.56 Å². The number of hydrogen-bond acceptors (Lipinski definition) is 6. The summed E-state index contributed by atoms with van der Waals surface area (Å²) in [5.74, 6) is 2.51. The van der Waals surface area contributed by atoms with E-state index in [-0.39, 0.29) is 12.4 Å². The molecule has 0 amide bonds. The predicted octanol–water partition coefficient (Wildman–Crippen LogP) is 4.34. The number of imidazole rings is 1. The highest BCUT2D eigenvalue weighted by Gasteiger charge is 2.20. The summed E-state index contributed by atoms with van der Waals surface area (Å²) in [6.07, 6.45) is 6.24. The molecule has 0 saturated carbocycles. The molecule has 6 rings (SSSR count). The Morgan fingerprint density at radius 3 is 2.41 bits per heavy atom. The third-order valence-corrected chi connectivity index (χ3v) is 6.40. The molecular weight excluding hydrogens is 434 g/mol. The number of pyridine rings is 1. The molecule has 0 N–H and O–H groups in total. The van der Waals surface area contributed by atoms with Crippen molar-refractivity contribution >= 4 is 32.4 Å². The largest absolute Gasteiger partial charge is 0.493 e. The van der Waals surface area contributed by atoms with E-state index in [1.165, 1.54) is 0 Å². The molecule has 0 bridgehead atoms. The average Bonchev–Trinajstić information content (AvgIpc) is 3.55. The Morgan fingerprint density at radius 2 is 1.68 bits per heavy atom. The molecule has 3 aromatic carbocycles. The molecule has 0 radical (unpaired) electrons. The van der Waals surface area contributed by atoms with Crippen LogP contribution in [0.5, 0.6) is 23.0 Å². The van der Waals surface area contributed by atoms with E-state index in [0.29, 0.717) is 34.9 Å². The number of aryl methyl sites for hydroxylation is 2. The standard InChI is InChI=1S/C26H23N3O5/c1-31-21-12-19-17-5-4-16-10-23-24(34-15-33-23)11-18(16)25(17)29(8-3-7-28-9-6-27-14-28)26(30)20(19)13-22(21)32-2/h4-6,9-14H,3,7-8,15H2,1-2H3. The van der Waals surface area contributed by atoms with Crippen LogP contribution in [0.15, 0.2) is 59.9 Å². The molecule has 0 saturated heterocycles. The first-order valence-corrected chi connectivity index (χ1v) is 11.1. The van der Waals surface area contributed by atoms with Crippen molar-refractivity contribution in [2.45, 2.75) is 19.5 Å². The van der Waals surface area contributed by atoms with E-state index in [0.717, 1.165) is 40.0 Å². The Kier molecular flexibility index (Phi) is 4.79. The fourth-order valence-electron chi connectivity index (χ4n) is 4.78. The van der Waals surface area contributed by atoms with Gasteiger partial charge in [0, 0.05) is 41.6 Å². The van der Waals surface area contributed by atoms with Crippen LogP contribution in [0.25, 0.3) is 32.4 Å². The van der Waals surface area contributed by atoms with Crippen LogP contribution >= 0.6 is 0 Å². The van der Waals surface area contributed by atoms with Gasteiger partial charge in [-0.2, -0.15) is 0 Å². The molecule has 172 valence electrons. The Hall–Kier alpha value is -4.20. The molecule has 34 heavy (non-hydrogen) atoms. The summed E-state index contributed by atoms with van der Waals surface area (Å²) in [5, 5.41) is 4.30. The highest BCUT2D eigenvalue weighted by Crippen LogP contribution is 2.41. The predicted molar refractivity (Wildman–Crippen MR) is 129 cm³/mol. The van der Waals surface area contributed by atoms with Gasteiger partial charge in [-0.15, -0.1) is 0 Å². The Morgan fingerprint density at radius 1 is 0.912 bits per heavy atom. The van der Waals surface area contributed by atoms with Crippen LogP contribution in [0.1, 0.15) is 6.42 Å². The second-order valence-corrected chi connectivity index (χ2v) is 8.25. The highest BCUT2D eigenvalue weighted by atomic mass is 16.7. The monoisotopic (exact) mass is 457 g/mol. The van der Waals surface area contributed by atoms with Crippen LogP contribution < -0.4 is 24.5 Å². The summed E-state index contributed by atoms with van der Waals surface area (Å²) in [6, 6.07) is 11.7. The Balaban J connectivity index is 1.64. The molecule has 3 heterocycles. The normalized spacial score (nSPS) is 12.6. The highest BCUT2D eigenvalue weighted by molar-refractivity contribution is 6.16. The Bertz CT molecular complexity index is 1610. The van der Waals surface area contributed by atoms with E-state index in [2.05, 4.69) is 17.1 Å². The molecule has 0 atom stereocenters. The zero-order valence-corrected chi connectivity index (χ0v) is 18.9. The number of nitrogens with zero attached hydrogens (tertiary/aromatic N) is 3. The van der Waals surface area contributed by atoms with Gasteiger partial charge in [-0.25, -0.2) is 4.98 Å². The van der Waals surface area contributed by atoms with Crippen LogP contribution in [-0.2, 0) is 13.1 Å². The fraction of sp³-hybridized carbons (Fsp3) is 0.231. The summed E-state index contributed by atoms with van der Waals surface area (Å²) >= 11 is 0. The van der Waals surface area contributed by atoms with Gasteiger partial charge < -0.3 is 28.1 Å². The summed E-state index contributed by atoms with van der Waals surface area (Å²) < 4.78 is 26.1. The number of aromatic nitrogens is 3. The van der Waals surface area contributed by atoms with E-state index in [1.54, 1.807) is 32.8 Å². The maximum atomic E-state index is 13.9. The number of rotatable bonds is 6. The fourth-order valence-corrected chi connectivity index (χ4v) is 4.78. The lowest BCUT2D eigenvalue weighted by Gasteiger charge is -2.17. The minimum atomic E-state index is -0.0701. The third kappa shape index (κ3) is 3.14. The first-order chi connectivity index (χ1) is 16.7. The Labute approximate surface area is 194 Å². The van der Waals surface area contributed by atoms with Gasteiger partial charge >= 0.3 is 0 Å². The molecule has 5 aromatic rings. The van der Waals surface area contributed by atoms with Crippen LogP contribution in [0.3, 0.4) is 0 Å². The van der Waals surface area contributed by atoms with E-state index in [9.17, 15) is 4.79 Å². The summed E-state index contributed by atoms with van der Waals surface area (Å²) in [7, 11) is 3.17. The minimum Gasteiger partial charge on any atom is -0.493 e. The van der Waals surface area contributed by atoms with E-state index in [4.69, 9.17) is 18.9 Å². The lowest BCUT2D eigenvalue weighted by molar-refractivity contribution is 0.174. The zero-order chi connectivity index (χ0) is 23.2. The number of fused-ring (bicyclic) bond motifs is 6. The molecule has 8 nitrogen and oxygen atoms in total. The first-order valence-electron chi connectivity index (χ1n) is 11.1. The van der Waals surface area contributed by atoms with Gasteiger partial charge in [-0.1, -0.05) is 12.1 Å². The third-order valence-electron chi connectivity index (χ3n) is 6.40. The molecule has 0 aliphatic carbocycles. The number of hydrogen-bond donors (Lipinski definition) is 0. The molecule has 0 fully saturated rings. The van der Waals surface area contributed by atoms with Crippen molar-refractivity contribution in [2.24, 2.45) is 0 Å². The number of ether oxygens (including phenoxy) is 4. The van der Waals surface area contributed by atoms with Gasteiger partial charge in [0.2, 0.25) is 6.79 Å². The summed E-state index contributed by atoms with van der Waals surface area (Å²) in [4.78, 5) is 18.0. The van der Waals surface area contributed by atoms with Crippen molar-refractivity contribution in [1.82, 2.24) is 14.1 Å². The van der Waals surface area contributed by atoms with Gasteiger partial charge in [0.05, 0.1) is 31.4 Å². The molecule has 0 spiro atoms. The number of benzene rings is 3. The molecule has 1 aliphatic rings. The lowest BCUT2D eigenvalue weighted by atomic mass is 9.99. The van der Waals surface area contributed by atoms with Crippen LogP contribution in [0.4, 0.5) is 0 Å². The van der Waals surface area contributed by atoms with E-state index < -0.39 is 0 Å². The zero-order valence-electron chi connectivity index (χ0n) is 18.9. The minimum absolute atomic E-state index is 0.0701. The quantitative estimate of drug-likeness (QED) is 0.353. The van der Waals surface area contributed by atoms with Crippen LogP contribution in [0.2, 0.25) is 0 Å². The van der Waals surface area contributed by atoms with Crippen molar-refractivity contribution in [1.29, 1.82) is 0 Å². The maximum Gasteiger partial charge on any atom is 0.259 e. The maximum absolute atomic E-state index is 13.9. The first kappa shape index (κ1) is 20.4. The van der Waals surface area contributed by atoms with Crippen molar-refractivity contribution in [3.63, 3.8) is 0 Å². The second-order valence-electron chi connectivity index (χ2n) is 8.25. The number of methoxy groups -OCH3 is 2. The SMILES string of the molecule is COc1cc2c(=O)n(CCCn3ccnc3)c3c4cc5c(cc4ccc3c2cc1OC)OCO5. The summed E-state index contributed by atoms with van der Waals surface area (Å²) in [6.45, 7) is 1.50. The second kappa shape index (κ2) is 7.98. The van der Waals surface area contributed by atoms with Crippen molar-refractivity contribution in [3.05, 3.63) is 65.5 Å². The van der Waals surface area contributed by atoms with Crippen molar-refractivity contribution < 1.29 is 18.9 Å². The van der Waals surface area contributed by atoms with Crippen molar-refractivity contribution in [3.8, 4) is 23.0 Å². The molecule has 1 aliphatic heterocycles. The molecular formula is C26H23N3O5. The van der Waals surface area contributed by atoms with Gasteiger partial charge in [-0.05, 0) is 36.1 Å². The van der Waals surface area contributed by atoms with Gasteiger partial charge in [0.15, 0.2) is 23.0 Å². The summed E-state index contributed by atoms with van der Waals surface area (Å²) in [5.41, 5.74) is 0.797. The van der Waals surface area contributed by atoms with Crippen LogP contribution in [-0.4, -0.2) is 35.1 Å². The molecule has 8 heteroatoms. The lowest BCUT2D eigenvalue weighted by Crippen LogP contribution is -2.22. The topological polar surface area (TPSA) is 76.7 Å². The van der Waals surface area contributed by atoms with E-state index in [1.807, 2.05) is 33.5 Å². The van der Waals surface area contributed by atoms with Gasteiger partial charge in [0.1, 0.15) is 0 Å². The molecule has 2 aromatic heterocycles. The smallest absolute Gasteiger partial charge is 0.259 e. The van der Waals surface area contributed by atoms with Gasteiger partial charge in [-0.3, -0.25) is 4.79 Å². The van der Waals surface area contributed by atoms with E-state index >= 15 is 0 Å².